The molecule has 22 heavy (non-hydrogen) atoms. The van der Waals surface area contributed by atoms with Crippen LogP contribution in [0.1, 0.15) is 15.9 Å². The van der Waals surface area contributed by atoms with Gasteiger partial charge in [0.05, 0.1) is 0 Å². The Balaban J connectivity index is 2.03. The van der Waals surface area contributed by atoms with E-state index in [1.807, 2.05) is 0 Å². The maximum absolute atomic E-state index is 12.3. The van der Waals surface area contributed by atoms with Crippen LogP contribution in [0.4, 0.5) is 0 Å². The third-order valence-electron chi connectivity index (χ3n) is 3.08. The number of carbonyl (C=O) groups is 2. The molecule has 0 radical (unpaired) electrons. The summed E-state index contributed by atoms with van der Waals surface area (Å²) in [5, 5.41) is 0.589. The minimum absolute atomic E-state index is 0.0303. The first-order valence-corrected chi connectivity index (χ1v) is 7.08. The number of hydrogen-bond donors (Lipinski definition) is 0. The van der Waals surface area contributed by atoms with E-state index < -0.39 is 0 Å². The Morgan fingerprint density at radius 3 is 1.95 bits per heavy atom. The van der Waals surface area contributed by atoms with Crippen LogP contribution in [-0.4, -0.2) is 37.3 Å². The van der Waals surface area contributed by atoms with Gasteiger partial charge in [-0.2, -0.15) is 0 Å². The lowest BCUT2D eigenvalue weighted by Gasteiger charge is -2.11. The zero-order valence-corrected chi connectivity index (χ0v) is 13.1. The molecule has 5 heteroatoms. The van der Waals surface area contributed by atoms with Crippen LogP contribution >= 0.6 is 11.6 Å². The van der Waals surface area contributed by atoms with Crippen LogP contribution in [0.3, 0.4) is 0 Å². The monoisotopic (exact) mass is 317 g/mol. The molecule has 2 aromatic rings. The highest BCUT2D eigenvalue weighted by atomic mass is 35.5. The van der Waals surface area contributed by atoms with E-state index in [2.05, 4.69) is 0 Å². The fourth-order valence-corrected chi connectivity index (χ4v) is 1.87. The number of carbonyl (C=O) groups excluding carboxylic acids is 2. The third-order valence-corrected chi connectivity index (χ3v) is 3.34. The van der Waals surface area contributed by atoms with Crippen molar-refractivity contribution in [2.45, 2.75) is 0 Å². The lowest BCUT2D eigenvalue weighted by atomic mass is 10.0. The predicted molar refractivity (Wildman–Crippen MR) is 85.5 cm³/mol. The molecule has 0 saturated carbocycles. The summed E-state index contributed by atoms with van der Waals surface area (Å²) >= 11 is 5.81. The van der Waals surface area contributed by atoms with Crippen molar-refractivity contribution in [1.29, 1.82) is 0 Å². The minimum atomic E-state index is -0.124. The standard InChI is InChI=1S/C17H16ClNO3/c1-19(2)16(20)11-22-15-9-5-13(6-10-15)17(21)12-3-7-14(18)8-4-12/h3-10H,11H2,1-2H3. The average molecular weight is 318 g/mol. The molecule has 0 aliphatic heterocycles. The second kappa shape index (κ2) is 7.09. The largest absolute Gasteiger partial charge is 0.484 e. The summed E-state index contributed by atoms with van der Waals surface area (Å²) in [6.45, 7) is -0.0303. The smallest absolute Gasteiger partial charge is 0.259 e. The van der Waals surface area contributed by atoms with E-state index in [1.54, 1.807) is 62.6 Å². The van der Waals surface area contributed by atoms with Crippen LogP contribution in [0.2, 0.25) is 5.02 Å². The summed E-state index contributed by atoms with van der Waals surface area (Å²) in [7, 11) is 3.33. The molecule has 0 aliphatic rings. The Kier molecular flexibility index (Phi) is 5.17. The molecule has 0 bridgehead atoms. The number of hydrogen-bond acceptors (Lipinski definition) is 3. The van der Waals surface area contributed by atoms with Gasteiger partial charge < -0.3 is 9.64 Å². The number of likely N-dealkylation sites (N-methyl/N-ethyl adjacent to an activating group) is 1. The fraction of sp³-hybridized carbons (Fsp3) is 0.176. The molecule has 0 saturated heterocycles. The van der Waals surface area contributed by atoms with Crippen LogP contribution in [0, 0.1) is 0 Å². The van der Waals surface area contributed by atoms with Gasteiger partial charge in [-0.15, -0.1) is 0 Å². The van der Waals surface area contributed by atoms with Crippen molar-refractivity contribution in [3.8, 4) is 5.75 Å². The first-order valence-electron chi connectivity index (χ1n) is 6.70. The maximum Gasteiger partial charge on any atom is 0.259 e. The molecule has 0 N–H and O–H groups in total. The van der Waals surface area contributed by atoms with Crippen molar-refractivity contribution in [2.24, 2.45) is 0 Å². The van der Waals surface area contributed by atoms with Crippen LogP contribution in [0.15, 0.2) is 48.5 Å². The van der Waals surface area contributed by atoms with Crippen LogP contribution in [0.25, 0.3) is 0 Å². The number of benzene rings is 2. The summed E-state index contributed by atoms with van der Waals surface area (Å²) in [5.74, 6) is 0.330. The second-order valence-electron chi connectivity index (χ2n) is 4.94. The van der Waals surface area contributed by atoms with Crippen molar-refractivity contribution in [3.63, 3.8) is 0 Å². The molecular weight excluding hydrogens is 302 g/mol. The first kappa shape index (κ1) is 16.0. The van der Waals surface area contributed by atoms with Crippen LogP contribution in [-0.2, 0) is 4.79 Å². The molecule has 114 valence electrons. The topological polar surface area (TPSA) is 46.6 Å². The molecule has 0 unspecified atom stereocenters. The SMILES string of the molecule is CN(C)C(=O)COc1ccc(C(=O)c2ccc(Cl)cc2)cc1. The average Bonchev–Trinajstić information content (AvgIpc) is 2.53. The highest BCUT2D eigenvalue weighted by Gasteiger charge is 2.10. The Morgan fingerprint density at radius 2 is 1.45 bits per heavy atom. The van der Waals surface area contributed by atoms with Gasteiger partial charge in [0, 0.05) is 30.2 Å². The molecule has 0 aromatic heterocycles. The Bertz CT molecular complexity index is 663. The van der Waals surface area contributed by atoms with Gasteiger partial charge in [0.25, 0.3) is 5.91 Å². The molecule has 2 aromatic carbocycles. The molecule has 4 nitrogen and oxygen atoms in total. The Morgan fingerprint density at radius 1 is 0.955 bits per heavy atom. The molecule has 0 atom stereocenters. The summed E-state index contributed by atoms with van der Waals surface area (Å²) in [4.78, 5) is 25.2. The molecule has 0 heterocycles. The minimum Gasteiger partial charge on any atom is -0.484 e. The Labute approximate surface area is 134 Å². The van der Waals surface area contributed by atoms with E-state index in [4.69, 9.17) is 16.3 Å². The molecular formula is C17H16ClNO3. The lowest BCUT2D eigenvalue weighted by Crippen LogP contribution is -2.27. The Hall–Kier alpha value is -2.33. The zero-order valence-electron chi connectivity index (χ0n) is 12.4. The van der Waals surface area contributed by atoms with Gasteiger partial charge in [-0.3, -0.25) is 9.59 Å². The van der Waals surface area contributed by atoms with Gasteiger partial charge in [-0.25, -0.2) is 0 Å². The number of halogens is 1. The van der Waals surface area contributed by atoms with Gasteiger partial charge in [0.15, 0.2) is 12.4 Å². The molecule has 2 rings (SSSR count). The lowest BCUT2D eigenvalue weighted by molar-refractivity contribution is -0.130. The van der Waals surface area contributed by atoms with E-state index in [9.17, 15) is 9.59 Å². The zero-order chi connectivity index (χ0) is 16.1. The van der Waals surface area contributed by atoms with Crippen molar-refractivity contribution in [1.82, 2.24) is 4.90 Å². The highest BCUT2D eigenvalue weighted by Crippen LogP contribution is 2.17. The van der Waals surface area contributed by atoms with E-state index in [-0.39, 0.29) is 18.3 Å². The van der Waals surface area contributed by atoms with Gasteiger partial charge in [-0.05, 0) is 48.5 Å². The van der Waals surface area contributed by atoms with E-state index in [0.29, 0.717) is 21.9 Å². The molecule has 0 spiro atoms. The molecule has 0 aliphatic carbocycles. The normalized spacial score (nSPS) is 10.1. The maximum atomic E-state index is 12.3. The van der Waals surface area contributed by atoms with Gasteiger partial charge >= 0.3 is 0 Å². The van der Waals surface area contributed by atoms with Crippen molar-refractivity contribution >= 4 is 23.3 Å². The summed E-state index contributed by atoms with van der Waals surface area (Å²) in [5.41, 5.74) is 1.12. The molecule has 0 fully saturated rings. The quantitative estimate of drug-likeness (QED) is 0.796. The number of amides is 1. The third kappa shape index (κ3) is 4.09. The number of nitrogens with zero attached hydrogens (tertiary/aromatic N) is 1. The van der Waals surface area contributed by atoms with E-state index in [1.165, 1.54) is 4.90 Å². The van der Waals surface area contributed by atoms with E-state index in [0.717, 1.165) is 0 Å². The highest BCUT2D eigenvalue weighted by molar-refractivity contribution is 6.30. The summed E-state index contributed by atoms with van der Waals surface area (Å²) < 4.78 is 5.37. The fourth-order valence-electron chi connectivity index (χ4n) is 1.74. The van der Waals surface area contributed by atoms with Gasteiger partial charge in [0.1, 0.15) is 5.75 Å². The van der Waals surface area contributed by atoms with Crippen LogP contribution in [0.5, 0.6) is 5.75 Å². The van der Waals surface area contributed by atoms with Crippen molar-refractivity contribution < 1.29 is 14.3 Å². The predicted octanol–water partition coefficient (Wildman–Crippen LogP) is 3.04. The molecule has 1 amide bonds. The summed E-state index contributed by atoms with van der Waals surface area (Å²) in [6, 6.07) is 13.4. The van der Waals surface area contributed by atoms with Gasteiger partial charge in [0.2, 0.25) is 0 Å². The number of rotatable bonds is 5. The van der Waals surface area contributed by atoms with Crippen LogP contribution < -0.4 is 4.74 Å². The van der Waals surface area contributed by atoms with Gasteiger partial charge in [-0.1, -0.05) is 11.6 Å². The second-order valence-corrected chi connectivity index (χ2v) is 5.37. The number of ketones is 1. The number of ether oxygens (including phenoxy) is 1. The van der Waals surface area contributed by atoms with Crippen molar-refractivity contribution in [2.75, 3.05) is 20.7 Å². The summed E-state index contributed by atoms with van der Waals surface area (Å²) in [6.07, 6.45) is 0. The van der Waals surface area contributed by atoms with E-state index >= 15 is 0 Å². The van der Waals surface area contributed by atoms with Crippen molar-refractivity contribution in [3.05, 3.63) is 64.7 Å². The first-order chi connectivity index (χ1) is 10.5.